The Hall–Kier alpha value is -2.53. The lowest BCUT2D eigenvalue weighted by Crippen LogP contribution is -2.13. The van der Waals surface area contributed by atoms with E-state index in [1.165, 1.54) is 5.56 Å². The maximum Gasteiger partial charge on any atom is 0.240 e. The Morgan fingerprint density at radius 3 is 2.62 bits per heavy atom. The molecule has 0 atom stereocenters. The number of nitrogens with zero attached hydrogens (tertiary/aromatic N) is 3. The number of rotatable bonds is 6. The predicted octanol–water partition coefficient (Wildman–Crippen LogP) is 2.35. The van der Waals surface area contributed by atoms with Crippen molar-refractivity contribution in [3.8, 4) is 0 Å². The van der Waals surface area contributed by atoms with E-state index in [2.05, 4.69) is 32.6 Å². The predicted molar refractivity (Wildman–Crippen MR) is 78.3 cm³/mol. The van der Waals surface area contributed by atoms with Gasteiger partial charge in [0.2, 0.25) is 5.89 Å². The molecule has 3 rings (SSSR count). The first kappa shape index (κ1) is 13.5. The molecule has 0 bridgehead atoms. The highest BCUT2D eigenvalue weighted by molar-refractivity contribution is 5.18. The number of hydrogen-bond acceptors (Lipinski definition) is 5. The minimum absolute atomic E-state index is 0.540. The molecule has 1 N–H and O–H groups in total. The second kappa shape index (κ2) is 6.76. The lowest BCUT2D eigenvalue weighted by atomic mass is 10.1. The highest BCUT2D eigenvalue weighted by Crippen LogP contribution is 2.06. The van der Waals surface area contributed by atoms with Crippen LogP contribution in [0.1, 0.15) is 23.0 Å². The Kier molecular flexibility index (Phi) is 4.33. The van der Waals surface area contributed by atoms with Gasteiger partial charge in [0, 0.05) is 19.2 Å². The van der Waals surface area contributed by atoms with E-state index in [0.717, 1.165) is 5.69 Å². The molecule has 0 saturated heterocycles. The quantitative estimate of drug-likeness (QED) is 0.751. The zero-order valence-electron chi connectivity index (χ0n) is 11.6. The van der Waals surface area contributed by atoms with E-state index in [1.807, 2.05) is 36.4 Å². The van der Waals surface area contributed by atoms with Gasteiger partial charge in [0.15, 0.2) is 5.82 Å². The summed E-state index contributed by atoms with van der Waals surface area (Å²) >= 11 is 0. The van der Waals surface area contributed by atoms with Crippen molar-refractivity contribution >= 4 is 0 Å². The molecule has 0 unspecified atom stereocenters. The smallest absolute Gasteiger partial charge is 0.240 e. The molecule has 0 radical (unpaired) electrons. The highest BCUT2D eigenvalue weighted by Gasteiger charge is 2.06. The summed E-state index contributed by atoms with van der Waals surface area (Å²) in [6.07, 6.45) is 2.46. The highest BCUT2D eigenvalue weighted by atomic mass is 16.5. The third-order valence-electron chi connectivity index (χ3n) is 3.02. The fourth-order valence-electron chi connectivity index (χ4n) is 2.01. The van der Waals surface area contributed by atoms with Crippen molar-refractivity contribution < 1.29 is 4.52 Å². The summed E-state index contributed by atoms with van der Waals surface area (Å²) in [6.45, 7) is 1.22. The molecule has 5 nitrogen and oxygen atoms in total. The zero-order valence-corrected chi connectivity index (χ0v) is 11.6. The molecule has 0 aliphatic carbocycles. The number of pyridine rings is 1. The van der Waals surface area contributed by atoms with Crippen LogP contribution in [0.3, 0.4) is 0 Å². The van der Waals surface area contributed by atoms with Gasteiger partial charge in [-0.2, -0.15) is 4.98 Å². The molecule has 2 aromatic heterocycles. The molecule has 0 saturated carbocycles. The Balaban J connectivity index is 1.51. The number of hydrogen-bond donors (Lipinski definition) is 1. The number of aromatic nitrogens is 3. The Bertz CT molecular complexity index is 667. The molecular weight excluding hydrogens is 264 g/mol. The van der Waals surface area contributed by atoms with E-state index in [9.17, 15) is 0 Å². The van der Waals surface area contributed by atoms with E-state index in [4.69, 9.17) is 4.52 Å². The monoisotopic (exact) mass is 280 g/mol. The summed E-state index contributed by atoms with van der Waals surface area (Å²) in [7, 11) is 0. The van der Waals surface area contributed by atoms with Crippen LogP contribution in [-0.2, 0) is 19.5 Å². The van der Waals surface area contributed by atoms with Crippen LogP contribution in [0.25, 0.3) is 0 Å². The molecule has 0 spiro atoms. The molecule has 3 aromatic rings. The van der Waals surface area contributed by atoms with Crippen molar-refractivity contribution in [2.24, 2.45) is 0 Å². The first-order valence-electron chi connectivity index (χ1n) is 6.86. The van der Waals surface area contributed by atoms with E-state index in [0.29, 0.717) is 31.2 Å². The SMILES string of the molecule is c1ccc(Cc2noc(CNCc3ccccn3)n2)cc1. The Labute approximate surface area is 123 Å². The molecule has 2 heterocycles. The average molecular weight is 280 g/mol. The molecular formula is C16H16N4O. The van der Waals surface area contributed by atoms with E-state index < -0.39 is 0 Å². The minimum atomic E-state index is 0.540. The fourth-order valence-corrected chi connectivity index (χ4v) is 2.01. The summed E-state index contributed by atoms with van der Waals surface area (Å²) < 4.78 is 5.23. The molecule has 106 valence electrons. The largest absolute Gasteiger partial charge is 0.338 e. The first-order chi connectivity index (χ1) is 10.4. The third-order valence-corrected chi connectivity index (χ3v) is 3.02. The van der Waals surface area contributed by atoms with Gasteiger partial charge in [-0.1, -0.05) is 41.6 Å². The van der Waals surface area contributed by atoms with Crippen LogP contribution in [0, 0.1) is 0 Å². The number of nitrogens with one attached hydrogen (secondary N) is 1. The van der Waals surface area contributed by atoms with Gasteiger partial charge in [-0.05, 0) is 17.7 Å². The van der Waals surface area contributed by atoms with Crippen LogP contribution in [-0.4, -0.2) is 15.1 Å². The molecule has 5 heteroatoms. The van der Waals surface area contributed by atoms with E-state index in [-0.39, 0.29) is 0 Å². The van der Waals surface area contributed by atoms with Gasteiger partial charge in [0.05, 0.1) is 12.2 Å². The van der Waals surface area contributed by atoms with Gasteiger partial charge in [0.1, 0.15) is 0 Å². The van der Waals surface area contributed by atoms with E-state index in [1.54, 1.807) is 6.20 Å². The van der Waals surface area contributed by atoms with Gasteiger partial charge in [-0.3, -0.25) is 4.98 Å². The third kappa shape index (κ3) is 3.97. The first-order valence-corrected chi connectivity index (χ1v) is 6.86. The maximum absolute atomic E-state index is 5.23. The second-order valence-corrected chi connectivity index (χ2v) is 4.69. The van der Waals surface area contributed by atoms with Crippen LogP contribution in [0.5, 0.6) is 0 Å². The van der Waals surface area contributed by atoms with Crippen molar-refractivity contribution in [1.82, 2.24) is 20.4 Å². The van der Waals surface area contributed by atoms with Crippen molar-refractivity contribution in [1.29, 1.82) is 0 Å². The summed E-state index contributed by atoms with van der Waals surface area (Å²) in [5.41, 5.74) is 2.16. The fraction of sp³-hybridized carbons (Fsp3) is 0.188. The second-order valence-electron chi connectivity index (χ2n) is 4.69. The van der Waals surface area contributed by atoms with Crippen molar-refractivity contribution in [3.63, 3.8) is 0 Å². The summed E-state index contributed by atoms with van der Waals surface area (Å²) in [5, 5.41) is 7.23. The molecule has 21 heavy (non-hydrogen) atoms. The Morgan fingerprint density at radius 2 is 1.81 bits per heavy atom. The lowest BCUT2D eigenvalue weighted by molar-refractivity contribution is 0.363. The average Bonchev–Trinajstić information content (AvgIpc) is 2.97. The molecule has 0 fully saturated rings. The lowest BCUT2D eigenvalue weighted by Gasteiger charge is -2.00. The molecule has 0 amide bonds. The van der Waals surface area contributed by atoms with E-state index >= 15 is 0 Å². The molecule has 1 aromatic carbocycles. The van der Waals surface area contributed by atoms with Crippen molar-refractivity contribution in [3.05, 3.63) is 77.7 Å². The minimum Gasteiger partial charge on any atom is -0.338 e. The normalized spacial score (nSPS) is 10.7. The molecule has 0 aliphatic rings. The van der Waals surface area contributed by atoms with Gasteiger partial charge in [0.25, 0.3) is 0 Å². The van der Waals surface area contributed by atoms with Gasteiger partial charge >= 0.3 is 0 Å². The maximum atomic E-state index is 5.23. The molecule has 0 aliphatic heterocycles. The van der Waals surface area contributed by atoms with Crippen LogP contribution >= 0.6 is 0 Å². The summed E-state index contributed by atoms with van der Waals surface area (Å²) in [4.78, 5) is 8.62. The van der Waals surface area contributed by atoms with Crippen molar-refractivity contribution in [2.75, 3.05) is 0 Å². The summed E-state index contributed by atoms with van der Waals surface area (Å²) in [6, 6.07) is 15.9. The van der Waals surface area contributed by atoms with Crippen LogP contribution in [0.15, 0.2) is 59.3 Å². The van der Waals surface area contributed by atoms with Crippen LogP contribution < -0.4 is 5.32 Å². The van der Waals surface area contributed by atoms with Crippen LogP contribution in [0.2, 0.25) is 0 Å². The van der Waals surface area contributed by atoms with Gasteiger partial charge in [-0.25, -0.2) is 0 Å². The number of benzene rings is 1. The summed E-state index contributed by atoms with van der Waals surface area (Å²) in [5.74, 6) is 1.30. The van der Waals surface area contributed by atoms with Gasteiger partial charge < -0.3 is 9.84 Å². The standard InChI is InChI=1S/C16H16N4O/c1-2-6-13(7-3-1)10-15-19-16(21-20-15)12-17-11-14-8-4-5-9-18-14/h1-9,17H,10-12H2. The van der Waals surface area contributed by atoms with Gasteiger partial charge in [-0.15, -0.1) is 0 Å². The zero-order chi connectivity index (χ0) is 14.3. The Morgan fingerprint density at radius 1 is 0.952 bits per heavy atom. The van der Waals surface area contributed by atoms with Crippen LogP contribution in [0.4, 0.5) is 0 Å². The topological polar surface area (TPSA) is 63.8 Å². The van der Waals surface area contributed by atoms with Crippen molar-refractivity contribution in [2.45, 2.75) is 19.5 Å².